The van der Waals surface area contributed by atoms with Crippen molar-refractivity contribution < 1.29 is 18.3 Å². The van der Waals surface area contributed by atoms with Gasteiger partial charge in [0.2, 0.25) is 0 Å². The van der Waals surface area contributed by atoms with E-state index in [2.05, 4.69) is 36.6 Å². The Kier molecular flexibility index (Phi) is 4.76. The zero-order chi connectivity index (χ0) is 15.8. The number of carbonyl (C=O) groups is 1. The van der Waals surface area contributed by atoms with Crippen molar-refractivity contribution in [3.05, 3.63) is 43.7 Å². The number of sulfonamides is 1. The summed E-state index contributed by atoms with van der Waals surface area (Å²) in [6.07, 6.45) is 0. The Morgan fingerprint density at radius 3 is 2.52 bits per heavy atom. The predicted molar refractivity (Wildman–Crippen MR) is 88.7 cm³/mol. The number of halogens is 2. The first-order chi connectivity index (χ1) is 9.72. The minimum atomic E-state index is -3.85. The van der Waals surface area contributed by atoms with Crippen LogP contribution in [-0.4, -0.2) is 19.5 Å². The van der Waals surface area contributed by atoms with E-state index in [1.54, 1.807) is 13.0 Å². The van der Waals surface area contributed by atoms with Crippen molar-refractivity contribution in [2.45, 2.75) is 11.1 Å². The van der Waals surface area contributed by atoms with Gasteiger partial charge in [-0.1, -0.05) is 6.07 Å². The van der Waals surface area contributed by atoms with E-state index in [0.717, 1.165) is 16.9 Å². The number of aryl methyl sites for hydroxylation is 1. The van der Waals surface area contributed by atoms with Crippen molar-refractivity contribution in [3.8, 4) is 0 Å². The van der Waals surface area contributed by atoms with Crippen LogP contribution in [-0.2, 0) is 10.0 Å². The maximum Gasteiger partial charge on any atom is 0.337 e. The molecule has 2 rings (SSSR count). The topological polar surface area (TPSA) is 83.5 Å². The van der Waals surface area contributed by atoms with Crippen LogP contribution in [0.15, 0.2) is 36.7 Å². The van der Waals surface area contributed by atoms with E-state index in [0.29, 0.717) is 8.26 Å². The van der Waals surface area contributed by atoms with Crippen LogP contribution in [0.5, 0.6) is 0 Å². The van der Waals surface area contributed by atoms with Gasteiger partial charge in [0.1, 0.15) is 4.21 Å². The first kappa shape index (κ1) is 16.5. The lowest BCUT2D eigenvalue weighted by atomic mass is 10.2. The summed E-state index contributed by atoms with van der Waals surface area (Å²) in [5, 5.41) is 9.15. The van der Waals surface area contributed by atoms with Gasteiger partial charge in [-0.25, -0.2) is 13.2 Å². The highest BCUT2D eigenvalue weighted by Gasteiger charge is 2.22. The van der Waals surface area contributed by atoms with E-state index in [4.69, 9.17) is 5.11 Å². The molecular weight excluding hydrogens is 446 g/mol. The standard InChI is InChI=1S/C12H9Br2NO4S2/c1-6-5-9(20-11(6)14)21(18,19)15-10-7(12(16)17)3-2-4-8(10)13/h2-5,15H,1H3,(H,16,17). The van der Waals surface area contributed by atoms with Crippen molar-refractivity contribution in [2.75, 3.05) is 4.72 Å². The molecule has 0 unspecified atom stereocenters. The zero-order valence-electron chi connectivity index (χ0n) is 10.6. The van der Waals surface area contributed by atoms with Crippen LogP contribution in [0.4, 0.5) is 5.69 Å². The van der Waals surface area contributed by atoms with E-state index in [9.17, 15) is 13.2 Å². The van der Waals surface area contributed by atoms with Gasteiger partial charge in [-0.2, -0.15) is 0 Å². The number of rotatable bonds is 4. The summed E-state index contributed by atoms with van der Waals surface area (Å²) in [4.78, 5) is 11.2. The molecule has 5 nitrogen and oxygen atoms in total. The first-order valence-corrected chi connectivity index (χ1v) is 9.41. The number of carboxylic acid groups (broad SMARTS) is 1. The summed E-state index contributed by atoms with van der Waals surface area (Å²) >= 11 is 7.50. The van der Waals surface area contributed by atoms with Crippen molar-refractivity contribution >= 4 is 64.9 Å². The molecule has 1 aromatic heterocycles. The third-order valence-electron chi connectivity index (χ3n) is 2.58. The number of anilines is 1. The molecule has 0 aliphatic carbocycles. The maximum absolute atomic E-state index is 12.4. The Bertz CT molecular complexity index is 795. The smallest absolute Gasteiger partial charge is 0.337 e. The molecule has 0 saturated carbocycles. The Balaban J connectivity index is 2.49. The molecule has 0 aliphatic rings. The fourth-order valence-corrected chi connectivity index (χ4v) is 5.48. The molecule has 0 fully saturated rings. The lowest BCUT2D eigenvalue weighted by Gasteiger charge is -2.11. The highest BCUT2D eigenvalue weighted by atomic mass is 79.9. The van der Waals surface area contributed by atoms with Crippen molar-refractivity contribution in [2.24, 2.45) is 0 Å². The summed E-state index contributed by atoms with van der Waals surface area (Å²) in [7, 11) is -3.85. The molecule has 1 heterocycles. The van der Waals surface area contributed by atoms with Gasteiger partial charge in [-0.05, 0) is 62.5 Å². The van der Waals surface area contributed by atoms with Crippen molar-refractivity contribution in [1.82, 2.24) is 0 Å². The van der Waals surface area contributed by atoms with Gasteiger partial charge in [0.25, 0.3) is 10.0 Å². The van der Waals surface area contributed by atoms with Crippen molar-refractivity contribution in [1.29, 1.82) is 0 Å². The Hall–Kier alpha value is -0.900. The van der Waals surface area contributed by atoms with Gasteiger partial charge in [0.05, 0.1) is 15.0 Å². The van der Waals surface area contributed by atoms with E-state index in [-0.39, 0.29) is 15.5 Å². The number of para-hydroxylation sites is 1. The van der Waals surface area contributed by atoms with Gasteiger partial charge < -0.3 is 5.11 Å². The number of hydrogen-bond donors (Lipinski definition) is 2. The molecular formula is C12H9Br2NO4S2. The molecule has 0 bridgehead atoms. The zero-order valence-corrected chi connectivity index (χ0v) is 15.4. The lowest BCUT2D eigenvalue weighted by molar-refractivity contribution is 0.0698. The molecule has 0 aliphatic heterocycles. The number of carboxylic acids is 1. The minimum Gasteiger partial charge on any atom is -0.478 e. The quantitative estimate of drug-likeness (QED) is 0.728. The monoisotopic (exact) mass is 453 g/mol. The van der Waals surface area contributed by atoms with Crippen LogP contribution < -0.4 is 4.72 Å². The molecule has 1 aromatic carbocycles. The van der Waals surface area contributed by atoms with Crippen LogP contribution in [0, 0.1) is 6.92 Å². The van der Waals surface area contributed by atoms with E-state index in [1.807, 2.05) is 0 Å². The average Bonchev–Trinajstić information content (AvgIpc) is 2.72. The SMILES string of the molecule is Cc1cc(S(=O)(=O)Nc2c(Br)cccc2C(=O)O)sc1Br. The number of nitrogens with one attached hydrogen (secondary N) is 1. The van der Waals surface area contributed by atoms with E-state index in [1.165, 1.54) is 18.2 Å². The molecule has 21 heavy (non-hydrogen) atoms. The number of aromatic carboxylic acids is 1. The second-order valence-electron chi connectivity index (χ2n) is 4.10. The molecule has 0 amide bonds. The molecule has 0 radical (unpaired) electrons. The second-order valence-corrected chi connectivity index (χ2v) is 9.23. The maximum atomic E-state index is 12.4. The molecule has 0 atom stereocenters. The molecule has 2 N–H and O–H groups in total. The normalized spacial score (nSPS) is 11.4. The number of hydrogen-bond acceptors (Lipinski definition) is 4. The highest BCUT2D eigenvalue weighted by Crippen LogP contribution is 2.34. The molecule has 2 aromatic rings. The predicted octanol–water partition coefficient (Wildman–Crippen LogP) is 4.08. The summed E-state index contributed by atoms with van der Waals surface area (Å²) in [5.41, 5.74) is 0.679. The second kappa shape index (κ2) is 6.07. The first-order valence-electron chi connectivity index (χ1n) is 5.53. The van der Waals surface area contributed by atoms with Gasteiger partial charge >= 0.3 is 5.97 Å². The van der Waals surface area contributed by atoms with Crippen LogP contribution in [0.25, 0.3) is 0 Å². The van der Waals surface area contributed by atoms with Gasteiger partial charge in [-0.3, -0.25) is 4.72 Å². The third-order valence-corrected chi connectivity index (χ3v) is 7.20. The van der Waals surface area contributed by atoms with E-state index >= 15 is 0 Å². The van der Waals surface area contributed by atoms with Gasteiger partial charge in [0, 0.05) is 4.47 Å². The van der Waals surface area contributed by atoms with Crippen LogP contribution in [0.3, 0.4) is 0 Å². The molecule has 112 valence electrons. The molecule has 0 spiro atoms. The van der Waals surface area contributed by atoms with Crippen molar-refractivity contribution in [3.63, 3.8) is 0 Å². The summed E-state index contributed by atoms with van der Waals surface area (Å²) < 4.78 is 28.2. The summed E-state index contributed by atoms with van der Waals surface area (Å²) in [5.74, 6) is -1.21. The Labute approximate surface area is 142 Å². The highest BCUT2D eigenvalue weighted by molar-refractivity contribution is 9.11. The van der Waals surface area contributed by atoms with Gasteiger partial charge in [0.15, 0.2) is 0 Å². The van der Waals surface area contributed by atoms with Crippen LogP contribution in [0.2, 0.25) is 0 Å². The van der Waals surface area contributed by atoms with Gasteiger partial charge in [-0.15, -0.1) is 11.3 Å². The lowest BCUT2D eigenvalue weighted by Crippen LogP contribution is -2.15. The Morgan fingerprint density at radius 1 is 1.33 bits per heavy atom. The number of thiophene rings is 1. The largest absolute Gasteiger partial charge is 0.478 e. The third kappa shape index (κ3) is 3.47. The molecule has 9 heteroatoms. The van der Waals surface area contributed by atoms with Crippen LogP contribution in [0.1, 0.15) is 15.9 Å². The minimum absolute atomic E-state index is 0.00664. The Morgan fingerprint density at radius 2 is 2.00 bits per heavy atom. The van der Waals surface area contributed by atoms with Crippen LogP contribution >= 0.6 is 43.2 Å². The number of benzene rings is 1. The van der Waals surface area contributed by atoms with E-state index < -0.39 is 16.0 Å². The fourth-order valence-electron chi connectivity index (χ4n) is 1.55. The molecule has 0 saturated heterocycles. The fraction of sp³-hybridized carbons (Fsp3) is 0.0833. The average molecular weight is 455 g/mol. The summed E-state index contributed by atoms with van der Waals surface area (Å²) in [6.45, 7) is 1.78. The summed E-state index contributed by atoms with van der Waals surface area (Å²) in [6, 6.07) is 5.95.